The SMILES string of the molecule is CC(C(=O)CCc1ccc2c(c1)CCO2)C1CNC1. The molecule has 1 aromatic carbocycles. The minimum Gasteiger partial charge on any atom is -0.493 e. The molecule has 0 saturated carbocycles. The highest BCUT2D eigenvalue weighted by molar-refractivity contribution is 5.81. The smallest absolute Gasteiger partial charge is 0.136 e. The predicted octanol–water partition coefficient (Wildman–Crippen LogP) is 1.98. The fourth-order valence-electron chi connectivity index (χ4n) is 2.82. The minimum absolute atomic E-state index is 0.207. The first-order chi connectivity index (χ1) is 9.24. The van der Waals surface area contributed by atoms with Crippen LogP contribution < -0.4 is 10.1 Å². The van der Waals surface area contributed by atoms with E-state index in [0.29, 0.717) is 18.1 Å². The first kappa shape index (κ1) is 12.7. The van der Waals surface area contributed by atoms with Gasteiger partial charge in [-0.2, -0.15) is 0 Å². The molecule has 0 amide bonds. The topological polar surface area (TPSA) is 38.3 Å². The number of ketones is 1. The van der Waals surface area contributed by atoms with Gasteiger partial charge in [0.15, 0.2) is 0 Å². The van der Waals surface area contributed by atoms with Gasteiger partial charge in [0, 0.05) is 18.8 Å². The predicted molar refractivity (Wildman–Crippen MR) is 74.5 cm³/mol. The van der Waals surface area contributed by atoms with Crippen molar-refractivity contribution in [3.05, 3.63) is 29.3 Å². The Morgan fingerprint density at radius 2 is 2.32 bits per heavy atom. The summed E-state index contributed by atoms with van der Waals surface area (Å²) in [6.07, 6.45) is 2.52. The van der Waals surface area contributed by atoms with Crippen LogP contribution in [0.4, 0.5) is 0 Å². The molecule has 1 saturated heterocycles. The number of nitrogens with one attached hydrogen (secondary N) is 1. The third-order valence-corrected chi connectivity index (χ3v) is 4.44. The summed E-state index contributed by atoms with van der Waals surface area (Å²) in [5, 5.41) is 3.23. The molecule has 0 radical (unpaired) electrons. The van der Waals surface area contributed by atoms with Crippen LogP contribution in [-0.4, -0.2) is 25.5 Å². The molecule has 1 aromatic rings. The molecule has 2 aliphatic rings. The zero-order chi connectivity index (χ0) is 13.2. The second kappa shape index (κ2) is 5.33. The zero-order valence-corrected chi connectivity index (χ0v) is 11.4. The van der Waals surface area contributed by atoms with E-state index < -0.39 is 0 Å². The Bertz CT molecular complexity index is 480. The average molecular weight is 259 g/mol. The molecule has 1 unspecified atom stereocenters. The zero-order valence-electron chi connectivity index (χ0n) is 11.4. The molecular formula is C16H21NO2. The van der Waals surface area contributed by atoms with E-state index in [1.165, 1.54) is 11.1 Å². The number of aryl methyl sites for hydroxylation is 1. The number of carbonyl (C=O) groups excluding carboxylic acids is 1. The molecule has 3 nitrogen and oxygen atoms in total. The van der Waals surface area contributed by atoms with Crippen LogP contribution in [0.3, 0.4) is 0 Å². The summed E-state index contributed by atoms with van der Waals surface area (Å²) in [5.74, 6) is 2.19. The second-order valence-electron chi connectivity index (χ2n) is 5.71. The molecule has 0 spiro atoms. The van der Waals surface area contributed by atoms with Gasteiger partial charge in [-0.1, -0.05) is 19.1 Å². The Morgan fingerprint density at radius 1 is 1.47 bits per heavy atom. The lowest BCUT2D eigenvalue weighted by atomic mass is 9.84. The van der Waals surface area contributed by atoms with Crippen LogP contribution in [0, 0.1) is 11.8 Å². The Hall–Kier alpha value is -1.35. The van der Waals surface area contributed by atoms with Gasteiger partial charge in [0.05, 0.1) is 6.61 Å². The van der Waals surface area contributed by atoms with Gasteiger partial charge in [0.1, 0.15) is 11.5 Å². The van der Waals surface area contributed by atoms with Gasteiger partial charge >= 0.3 is 0 Å². The fraction of sp³-hybridized carbons (Fsp3) is 0.562. The highest BCUT2D eigenvalue weighted by Crippen LogP contribution is 2.26. The van der Waals surface area contributed by atoms with Crippen molar-refractivity contribution in [1.82, 2.24) is 5.32 Å². The molecular weight excluding hydrogens is 238 g/mol. The number of Topliss-reactive ketones (excluding diaryl/α,β-unsaturated/α-hetero) is 1. The number of benzene rings is 1. The maximum Gasteiger partial charge on any atom is 0.136 e. The van der Waals surface area contributed by atoms with E-state index in [9.17, 15) is 4.79 Å². The number of rotatable bonds is 5. The van der Waals surface area contributed by atoms with Crippen molar-refractivity contribution in [3.63, 3.8) is 0 Å². The summed E-state index contributed by atoms with van der Waals surface area (Å²) in [7, 11) is 0. The van der Waals surface area contributed by atoms with Gasteiger partial charge in [-0.25, -0.2) is 0 Å². The van der Waals surface area contributed by atoms with Crippen LogP contribution in [0.1, 0.15) is 24.5 Å². The lowest BCUT2D eigenvalue weighted by molar-refractivity contribution is -0.124. The molecule has 102 valence electrons. The normalized spacial score (nSPS) is 19.4. The van der Waals surface area contributed by atoms with E-state index >= 15 is 0 Å². The third kappa shape index (κ3) is 2.66. The Morgan fingerprint density at radius 3 is 3.05 bits per heavy atom. The van der Waals surface area contributed by atoms with E-state index in [0.717, 1.165) is 38.3 Å². The molecule has 19 heavy (non-hydrogen) atoms. The van der Waals surface area contributed by atoms with Crippen LogP contribution in [-0.2, 0) is 17.6 Å². The molecule has 3 rings (SSSR count). The van der Waals surface area contributed by atoms with E-state index in [2.05, 4.69) is 24.4 Å². The summed E-state index contributed by atoms with van der Waals surface area (Å²) >= 11 is 0. The van der Waals surface area contributed by atoms with Crippen molar-refractivity contribution in [1.29, 1.82) is 0 Å². The molecule has 0 aromatic heterocycles. The summed E-state index contributed by atoms with van der Waals surface area (Å²) in [4.78, 5) is 12.1. The number of fused-ring (bicyclic) bond motifs is 1. The average Bonchev–Trinajstić information content (AvgIpc) is 2.80. The summed E-state index contributed by atoms with van der Waals surface area (Å²) < 4.78 is 5.50. The molecule has 2 heterocycles. The van der Waals surface area contributed by atoms with Crippen LogP contribution >= 0.6 is 0 Å². The van der Waals surface area contributed by atoms with Gasteiger partial charge in [0.2, 0.25) is 0 Å². The van der Waals surface area contributed by atoms with Gasteiger partial charge in [-0.15, -0.1) is 0 Å². The summed E-state index contributed by atoms with van der Waals surface area (Å²) in [6.45, 7) is 4.87. The highest BCUT2D eigenvalue weighted by Gasteiger charge is 2.28. The lowest BCUT2D eigenvalue weighted by Gasteiger charge is -2.31. The van der Waals surface area contributed by atoms with Gasteiger partial charge in [-0.05, 0) is 42.6 Å². The summed E-state index contributed by atoms with van der Waals surface area (Å²) in [5.41, 5.74) is 2.55. The molecule has 1 N–H and O–H groups in total. The van der Waals surface area contributed by atoms with Crippen molar-refractivity contribution in [2.24, 2.45) is 11.8 Å². The van der Waals surface area contributed by atoms with Crippen molar-refractivity contribution in [3.8, 4) is 5.75 Å². The number of hydrogen-bond donors (Lipinski definition) is 1. The largest absolute Gasteiger partial charge is 0.493 e. The van der Waals surface area contributed by atoms with E-state index in [1.54, 1.807) is 0 Å². The van der Waals surface area contributed by atoms with Gasteiger partial charge in [0.25, 0.3) is 0 Å². The summed E-state index contributed by atoms with van der Waals surface area (Å²) in [6, 6.07) is 6.33. The first-order valence-electron chi connectivity index (χ1n) is 7.22. The van der Waals surface area contributed by atoms with Gasteiger partial charge in [-0.3, -0.25) is 4.79 Å². The molecule has 0 bridgehead atoms. The van der Waals surface area contributed by atoms with Crippen molar-refractivity contribution >= 4 is 5.78 Å². The van der Waals surface area contributed by atoms with Crippen LogP contribution in [0.5, 0.6) is 5.75 Å². The molecule has 0 aliphatic carbocycles. The van der Waals surface area contributed by atoms with E-state index in [4.69, 9.17) is 4.74 Å². The van der Waals surface area contributed by atoms with E-state index in [1.807, 2.05) is 6.07 Å². The number of hydrogen-bond acceptors (Lipinski definition) is 3. The maximum absolute atomic E-state index is 12.1. The minimum atomic E-state index is 0.207. The molecule has 1 fully saturated rings. The second-order valence-corrected chi connectivity index (χ2v) is 5.71. The van der Waals surface area contributed by atoms with Gasteiger partial charge < -0.3 is 10.1 Å². The number of ether oxygens (including phenoxy) is 1. The monoisotopic (exact) mass is 259 g/mol. The van der Waals surface area contributed by atoms with Crippen molar-refractivity contribution < 1.29 is 9.53 Å². The standard InChI is InChI=1S/C16H21NO2/c1-11(14-9-17-10-14)15(18)4-2-12-3-5-16-13(8-12)6-7-19-16/h3,5,8,11,14,17H,2,4,6-7,9-10H2,1H3. The fourth-order valence-corrected chi connectivity index (χ4v) is 2.82. The van der Waals surface area contributed by atoms with Crippen molar-refractivity contribution in [2.45, 2.75) is 26.2 Å². The van der Waals surface area contributed by atoms with E-state index in [-0.39, 0.29) is 5.92 Å². The molecule has 1 atom stereocenters. The molecule has 3 heteroatoms. The number of carbonyl (C=O) groups is 1. The first-order valence-corrected chi connectivity index (χ1v) is 7.22. The molecule has 2 aliphatic heterocycles. The quantitative estimate of drug-likeness (QED) is 0.878. The maximum atomic E-state index is 12.1. The Labute approximate surface area is 114 Å². The van der Waals surface area contributed by atoms with Crippen molar-refractivity contribution in [2.75, 3.05) is 19.7 Å². The van der Waals surface area contributed by atoms with Crippen LogP contribution in [0.25, 0.3) is 0 Å². The Balaban J connectivity index is 1.55. The third-order valence-electron chi connectivity index (χ3n) is 4.44. The lowest BCUT2D eigenvalue weighted by Crippen LogP contribution is -2.47. The highest BCUT2D eigenvalue weighted by atomic mass is 16.5. The Kier molecular flexibility index (Phi) is 3.56. The van der Waals surface area contributed by atoms with Crippen LogP contribution in [0.2, 0.25) is 0 Å². The van der Waals surface area contributed by atoms with Crippen LogP contribution in [0.15, 0.2) is 18.2 Å².